The number of nitrogens with zero attached hydrogens (tertiary/aromatic N) is 1. The summed E-state index contributed by atoms with van der Waals surface area (Å²) in [5.74, 6) is 0.100. The van der Waals surface area contributed by atoms with E-state index < -0.39 is 0 Å². The van der Waals surface area contributed by atoms with Crippen LogP contribution in [-0.4, -0.2) is 63.3 Å². The number of likely N-dealkylation sites (tertiary alicyclic amines) is 1. The van der Waals surface area contributed by atoms with E-state index in [1.807, 2.05) is 0 Å². The highest BCUT2D eigenvalue weighted by Gasteiger charge is 2.19. The number of carbonyl (C=O) groups is 1. The zero-order valence-electron chi connectivity index (χ0n) is 13.2. The number of hydrogen-bond donors (Lipinski definition) is 2. The van der Waals surface area contributed by atoms with Crippen LogP contribution < -0.4 is 10.6 Å². The van der Waals surface area contributed by atoms with Crippen LogP contribution in [0.1, 0.15) is 32.6 Å². The highest BCUT2D eigenvalue weighted by Crippen LogP contribution is 2.10. The fraction of sp³-hybridized carbons (Fsp3) is 0.929. The Labute approximate surface area is 141 Å². The van der Waals surface area contributed by atoms with E-state index in [0.29, 0.717) is 19.2 Å². The minimum Gasteiger partial charge on any atom is -0.383 e. The van der Waals surface area contributed by atoms with Crippen LogP contribution in [0.25, 0.3) is 0 Å². The Morgan fingerprint density at radius 3 is 2.52 bits per heavy atom. The number of carbonyl (C=O) groups excluding carboxylic acids is 1. The molecule has 1 amide bonds. The van der Waals surface area contributed by atoms with Crippen LogP contribution >= 0.6 is 24.8 Å². The normalized spacial score (nSPS) is 15.9. The summed E-state index contributed by atoms with van der Waals surface area (Å²) in [6, 6.07) is 0.356. The Hall–Kier alpha value is -0.0700. The van der Waals surface area contributed by atoms with Crippen molar-refractivity contribution in [3.63, 3.8) is 0 Å². The lowest BCUT2D eigenvalue weighted by molar-refractivity contribution is -0.121. The molecule has 128 valence electrons. The largest absolute Gasteiger partial charge is 0.383 e. The molecule has 0 saturated carbocycles. The van der Waals surface area contributed by atoms with Crippen LogP contribution in [0, 0.1) is 0 Å². The molecule has 7 heteroatoms. The van der Waals surface area contributed by atoms with Gasteiger partial charge in [0.2, 0.25) is 5.91 Å². The van der Waals surface area contributed by atoms with Gasteiger partial charge < -0.3 is 20.3 Å². The first kappa shape index (κ1) is 23.2. The first-order chi connectivity index (χ1) is 9.26. The molecule has 1 fully saturated rings. The van der Waals surface area contributed by atoms with E-state index in [1.165, 1.54) is 19.4 Å². The van der Waals surface area contributed by atoms with E-state index in [0.717, 1.165) is 32.5 Å². The summed E-state index contributed by atoms with van der Waals surface area (Å²) < 4.78 is 4.92. The van der Waals surface area contributed by atoms with Gasteiger partial charge >= 0.3 is 0 Å². The van der Waals surface area contributed by atoms with Gasteiger partial charge in [-0.2, -0.15) is 0 Å². The van der Waals surface area contributed by atoms with E-state index >= 15 is 0 Å². The van der Waals surface area contributed by atoms with E-state index in [1.54, 1.807) is 7.11 Å². The van der Waals surface area contributed by atoms with Crippen molar-refractivity contribution in [2.45, 2.75) is 38.6 Å². The number of nitrogens with one attached hydrogen (secondary N) is 2. The van der Waals surface area contributed by atoms with Gasteiger partial charge in [-0.25, -0.2) is 0 Å². The predicted octanol–water partition coefficient (Wildman–Crippen LogP) is 1.45. The van der Waals surface area contributed by atoms with Crippen LogP contribution in [0.15, 0.2) is 0 Å². The molecule has 0 spiro atoms. The maximum Gasteiger partial charge on any atom is 0.234 e. The Morgan fingerprint density at radius 2 is 1.95 bits per heavy atom. The van der Waals surface area contributed by atoms with Crippen molar-refractivity contribution < 1.29 is 9.53 Å². The maximum absolute atomic E-state index is 11.7. The van der Waals surface area contributed by atoms with Gasteiger partial charge in [-0.05, 0) is 25.8 Å². The molecule has 1 saturated heterocycles. The molecular weight excluding hydrogens is 313 g/mol. The lowest BCUT2D eigenvalue weighted by Gasteiger charge is -2.32. The first-order valence-electron chi connectivity index (χ1n) is 7.47. The van der Waals surface area contributed by atoms with E-state index in [4.69, 9.17) is 4.74 Å². The fourth-order valence-electron chi connectivity index (χ4n) is 2.34. The molecule has 1 aliphatic heterocycles. The molecule has 21 heavy (non-hydrogen) atoms. The standard InChI is InChI=1S/C14H29N3O2.2ClH/c1-3-4-8-17-9-5-13(6-10-17)16-14(18)12-15-7-11-19-2;;/h13,15H,3-12H2,1-2H3,(H,16,18);2*1H. The lowest BCUT2D eigenvalue weighted by atomic mass is 10.0. The van der Waals surface area contributed by atoms with Crippen molar-refractivity contribution in [2.75, 3.05) is 46.4 Å². The Bertz CT molecular complexity index is 250. The topological polar surface area (TPSA) is 53.6 Å². The molecule has 2 N–H and O–H groups in total. The van der Waals surface area contributed by atoms with Gasteiger partial charge in [-0.3, -0.25) is 4.79 Å². The molecule has 0 bridgehead atoms. The molecule has 0 radical (unpaired) electrons. The summed E-state index contributed by atoms with van der Waals surface area (Å²) in [5, 5.41) is 6.17. The molecule has 0 aromatic heterocycles. The first-order valence-corrected chi connectivity index (χ1v) is 7.47. The number of amides is 1. The molecular formula is C14H31Cl2N3O2. The molecule has 0 aromatic rings. The van der Waals surface area contributed by atoms with Crippen molar-refractivity contribution in [3.05, 3.63) is 0 Å². The minimum atomic E-state index is 0. The van der Waals surface area contributed by atoms with Gasteiger partial charge in [0.05, 0.1) is 13.2 Å². The van der Waals surface area contributed by atoms with Gasteiger partial charge in [-0.1, -0.05) is 13.3 Å². The lowest BCUT2D eigenvalue weighted by Crippen LogP contribution is -2.47. The third-order valence-corrected chi connectivity index (χ3v) is 3.55. The average Bonchev–Trinajstić information content (AvgIpc) is 2.43. The SMILES string of the molecule is CCCCN1CCC(NC(=O)CNCCOC)CC1.Cl.Cl. The zero-order chi connectivity index (χ0) is 13.9. The van der Waals surface area contributed by atoms with Crippen molar-refractivity contribution in [1.82, 2.24) is 15.5 Å². The summed E-state index contributed by atoms with van der Waals surface area (Å²) in [4.78, 5) is 14.2. The zero-order valence-corrected chi connectivity index (χ0v) is 14.9. The van der Waals surface area contributed by atoms with E-state index in [9.17, 15) is 4.79 Å². The molecule has 0 unspecified atom stereocenters. The number of ether oxygens (including phenoxy) is 1. The number of hydrogen-bond acceptors (Lipinski definition) is 4. The number of rotatable bonds is 9. The summed E-state index contributed by atoms with van der Waals surface area (Å²) >= 11 is 0. The van der Waals surface area contributed by atoms with Crippen LogP contribution in [0.4, 0.5) is 0 Å². The summed E-state index contributed by atoms with van der Waals surface area (Å²) in [6.45, 7) is 7.41. The molecule has 0 aromatic carbocycles. The van der Waals surface area contributed by atoms with Crippen molar-refractivity contribution in [2.24, 2.45) is 0 Å². The van der Waals surface area contributed by atoms with E-state index in [2.05, 4.69) is 22.5 Å². The van der Waals surface area contributed by atoms with Gasteiger partial charge in [0, 0.05) is 32.8 Å². The Balaban J connectivity index is 0. The quantitative estimate of drug-likeness (QED) is 0.622. The third kappa shape index (κ3) is 11.2. The summed E-state index contributed by atoms with van der Waals surface area (Å²) in [7, 11) is 1.66. The Morgan fingerprint density at radius 1 is 1.29 bits per heavy atom. The molecule has 5 nitrogen and oxygen atoms in total. The second-order valence-electron chi connectivity index (χ2n) is 5.21. The summed E-state index contributed by atoms with van der Waals surface area (Å²) in [5.41, 5.74) is 0. The predicted molar refractivity (Wildman–Crippen MR) is 91.8 cm³/mol. The van der Waals surface area contributed by atoms with Crippen LogP contribution in [0.3, 0.4) is 0 Å². The third-order valence-electron chi connectivity index (χ3n) is 3.55. The van der Waals surface area contributed by atoms with Gasteiger partial charge in [0.15, 0.2) is 0 Å². The fourth-order valence-corrected chi connectivity index (χ4v) is 2.34. The molecule has 0 aliphatic carbocycles. The molecule has 0 atom stereocenters. The van der Waals surface area contributed by atoms with Crippen molar-refractivity contribution in [1.29, 1.82) is 0 Å². The number of unbranched alkanes of at least 4 members (excludes halogenated alkanes) is 1. The number of methoxy groups -OCH3 is 1. The number of piperidine rings is 1. The molecule has 1 rings (SSSR count). The van der Waals surface area contributed by atoms with Crippen LogP contribution in [0.2, 0.25) is 0 Å². The Kier molecular flexibility index (Phi) is 16.4. The highest BCUT2D eigenvalue weighted by atomic mass is 35.5. The number of halogens is 2. The van der Waals surface area contributed by atoms with Crippen molar-refractivity contribution >= 4 is 30.7 Å². The van der Waals surface area contributed by atoms with Crippen molar-refractivity contribution in [3.8, 4) is 0 Å². The minimum absolute atomic E-state index is 0. The van der Waals surface area contributed by atoms with E-state index in [-0.39, 0.29) is 30.7 Å². The monoisotopic (exact) mass is 343 g/mol. The van der Waals surface area contributed by atoms with Gasteiger partial charge in [0.25, 0.3) is 0 Å². The maximum atomic E-state index is 11.7. The van der Waals surface area contributed by atoms with Gasteiger partial charge in [0.1, 0.15) is 0 Å². The van der Waals surface area contributed by atoms with Gasteiger partial charge in [-0.15, -0.1) is 24.8 Å². The molecule has 1 heterocycles. The van der Waals surface area contributed by atoms with Crippen LogP contribution in [0.5, 0.6) is 0 Å². The summed E-state index contributed by atoms with van der Waals surface area (Å²) in [6.07, 6.45) is 4.69. The second-order valence-corrected chi connectivity index (χ2v) is 5.21. The average molecular weight is 344 g/mol. The van der Waals surface area contributed by atoms with Crippen LogP contribution in [-0.2, 0) is 9.53 Å². The molecule has 1 aliphatic rings. The smallest absolute Gasteiger partial charge is 0.234 e. The highest BCUT2D eigenvalue weighted by molar-refractivity contribution is 5.85. The second kappa shape index (κ2) is 14.9.